The van der Waals surface area contributed by atoms with Crippen molar-refractivity contribution in [1.29, 1.82) is 0 Å². The van der Waals surface area contributed by atoms with E-state index in [1.54, 1.807) is 24.5 Å². The van der Waals surface area contributed by atoms with Crippen LogP contribution in [0.4, 0.5) is 11.4 Å². The van der Waals surface area contributed by atoms with Crippen LogP contribution in [0.25, 0.3) is 0 Å². The molecule has 3 N–H and O–H groups in total. The summed E-state index contributed by atoms with van der Waals surface area (Å²) >= 11 is 3.32. The molecule has 1 heterocycles. The zero-order valence-corrected chi connectivity index (χ0v) is 11.4. The monoisotopic (exact) mass is 305 g/mol. The Balaban J connectivity index is 2.28. The van der Waals surface area contributed by atoms with Gasteiger partial charge in [0.2, 0.25) is 0 Å². The van der Waals surface area contributed by atoms with Crippen LogP contribution >= 0.6 is 15.9 Å². The molecule has 92 valence electrons. The number of anilines is 2. The fraction of sp³-hybridized carbons (Fsp3) is 0.0769. The lowest BCUT2D eigenvalue weighted by Gasteiger charge is -2.10. The Morgan fingerprint density at radius 3 is 2.89 bits per heavy atom. The number of aryl methyl sites for hydroxylation is 1. The number of nitrogens with zero attached hydrogens (tertiary/aromatic N) is 1. The fourth-order valence-electron chi connectivity index (χ4n) is 1.54. The first-order valence-electron chi connectivity index (χ1n) is 5.35. The van der Waals surface area contributed by atoms with Crippen LogP contribution in [0, 0.1) is 6.92 Å². The van der Waals surface area contributed by atoms with Crippen LogP contribution in [0.1, 0.15) is 15.9 Å². The molecule has 1 aromatic heterocycles. The predicted molar refractivity (Wildman–Crippen MR) is 75.5 cm³/mol. The van der Waals surface area contributed by atoms with Gasteiger partial charge >= 0.3 is 0 Å². The Hall–Kier alpha value is -1.88. The van der Waals surface area contributed by atoms with Gasteiger partial charge in [-0.25, -0.2) is 0 Å². The van der Waals surface area contributed by atoms with Gasteiger partial charge in [-0.05, 0) is 40.5 Å². The molecule has 1 amide bonds. The van der Waals surface area contributed by atoms with Crippen molar-refractivity contribution in [3.63, 3.8) is 0 Å². The molecule has 0 spiro atoms. The molecule has 0 saturated heterocycles. The minimum atomic E-state index is -0.233. The number of halogens is 1. The van der Waals surface area contributed by atoms with Gasteiger partial charge in [0.25, 0.3) is 5.91 Å². The average molecular weight is 306 g/mol. The van der Waals surface area contributed by atoms with Crippen molar-refractivity contribution < 1.29 is 4.79 Å². The molecule has 0 radical (unpaired) electrons. The van der Waals surface area contributed by atoms with E-state index in [2.05, 4.69) is 26.2 Å². The van der Waals surface area contributed by atoms with Crippen LogP contribution in [0.3, 0.4) is 0 Å². The van der Waals surface area contributed by atoms with E-state index in [0.717, 1.165) is 10.0 Å². The van der Waals surface area contributed by atoms with Crippen molar-refractivity contribution in [1.82, 2.24) is 4.98 Å². The van der Waals surface area contributed by atoms with E-state index in [1.165, 1.54) is 0 Å². The predicted octanol–water partition coefficient (Wildman–Crippen LogP) is 2.99. The molecule has 1 aromatic carbocycles. The lowest BCUT2D eigenvalue weighted by atomic mass is 10.1. The standard InChI is InChI=1S/C13H12BrN3O/c1-8-3-2-4-9(12(8)15)13(18)17-11-5-6-16-7-10(11)14/h2-7H,15H2,1H3,(H,16,17,18). The number of pyridine rings is 1. The van der Waals surface area contributed by atoms with Crippen molar-refractivity contribution in [3.8, 4) is 0 Å². The summed E-state index contributed by atoms with van der Waals surface area (Å²) in [7, 11) is 0. The minimum Gasteiger partial charge on any atom is -0.398 e. The van der Waals surface area contributed by atoms with Gasteiger partial charge in [0, 0.05) is 18.1 Å². The maximum Gasteiger partial charge on any atom is 0.257 e. The van der Waals surface area contributed by atoms with Gasteiger partial charge in [0.15, 0.2) is 0 Å². The molecule has 0 aliphatic heterocycles. The fourth-order valence-corrected chi connectivity index (χ4v) is 1.89. The van der Waals surface area contributed by atoms with E-state index < -0.39 is 0 Å². The summed E-state index contributed by atoms with van der Waals surface area (Å²) in [5.74, 6) is -0.233. The topological polar surface area (TPSA) is 68.0 Å². The van der Waals surface area contributed by atoms with E-state index in [4.69, 9.17) is 5.73 Å². The Labute approximate surface area is 113 Å². The molecule has 0 bridgehead atoms. The normalized spacial score (nSPS) is 10.1. The molecule has 18 heavy (non-hydrogen) atoms. The van der Waals surface area contributed by atoms with E-state index in [1.807, 2.05) is 19.1 Å². The number of nitrogen functional groups attached to an aromatic ring is 1. The Kier molecular flexibility index (Phi) is 3.62. The molecule has 0 atom stereocenters. The lowest BCUT2D eigenvalue weighted by molar-refractivity contribution is 0.102. The summed E-state index contributed by atoms with van der Waals surface area (Å²) in [6.45, 7) is 1.87. The molecular formula is C13H12BrN3O. The summed E-state index contributed by atoms with van der Waals surface area (Å²) in [4.78, 5) is 16.0. The minimum absolute atomic E-state index is 0.233. The molecule has 4 nitrogen and oxygen atoms in total. The van der Waals surface area contributed by atoms with Gasteiger partial charge in [-0.1, -0.05) is 12.1 Å². The number of rotatable bonds is 2. The van der Waals surface area contributed by atoms with E-state index in [0.29, 0.717) is 16.9 Å². The van der Waals surface area contributed by atoms with Gasteiger partial charge in [0.1, 0.15) is 0 Å². The highest BCUT2D eigenvalue weighted by Gasteiger charge is 2.12. The van der Waals surface area contributed by atoms with Crippen LogP contribution in [0.15, 0.2) is 41.1 Å². The van der Waals surface area contributed by atoms with Crippen molar-refractivity contribution in [2.24, 2.45) is 0 Å². The van der Waals surface area contributed by atoms with Gasteiger partial charge < -0.3 is 11.1 Å². The highest BCUT2D eigenvalue weighted by molar-refractivity contribution is 9.10. The molecule has 0 saturated carbocycles. The van der Waals surface area contributed by atoms with Crippen molar-refractivity contribution in [2.75, 3.05) is 11.1 Å². The molecule has 0 fully saturated rings. The SMILES string of the molecule is Cc1cccc(C(=O)Nc2ccncc2Br)c1N. The second-order valence-electron chi connectivity index (χ2n) is 3.85. The molecule has 5 heteroatoms. The lowest BCUT2D eigenvalue weighted by Crippen LogP contribution is -2.15. The highest BCUT2D eigenvalue weighted by atomic mass is 79.9. The number of para-hydroxylation sites is 1. The summed E-state index contributed by atoms with van der Waals surface area (Å²) < 4.78 is 0.726. The van der Waals surface area contributed by atoms with Crippen molar-refractivity contribution in [3.05, 3.63) is 52.3 Å². The molecule has 2 aromatic rings. The molecule has 2 rings (SSSR count). The third-order valence-corrected chi connectivity index (χ3v) is 3.22. The average Bonchev–Trinajstić information content (AvgIpc) is 2.35. The second kappa shape index (κ2) is 5.18. The number of amides is 1. The van der Waals surface area contributed by atoms with Crippen molar-refractivity contribution in [2.45, 2.75) is 6.92 Å². The number of nitrogens with one attached hydrogen (secondary N) is 1. The summed E-state index contributed by atoms with van der Waals surface area (Å²) in [6, 6.07) is 7.09. The van der Waals surface area contributed by atoms with Crippen LogP contribution in [-0.2, 0) is 0 Å². The third-order valence-electron chi connectivity index (χ3n) is 2.59. The number of carbonyl (C=O) groups is 1. The summed E-state index contributed by atoms with van der Waals surface area (Å²) in [5, 5.41) is 2.79. The van der Waals surface area contributed by atoms with E-state index in [-0.39, 0.29) is 5.91 Å². The third kappa shape index (κ3) is 2.51. The van der Waals surface area contributed by atoms with E-state index >= 15 is 0 Å². The quantitative estimate of drug-likeness (QED) is 0.838. The number of benzene rings is 1. The van der Waals surface area contributed by atoms with Gasteiger partial charge in [-0.15, -0.1) is 0 Å². The first-order chi connectivity index (χ1) is 8.59. The molecule has 0 unspecified atom stereocenters. The summed E-state index contributed by atoms with van der Waals surface area (Å²) in [6.07, 6.45) is 3.23. The number of hydrogen-bond acceptors (Lipinski definition) is 3. The maximum atomic E-state index is 12.1. The Morgan fingerprint density at radius 2 is 2.17 bits per heavy atom. The maximum absolute atomic E-state index is 12.1. The first kappa shape index (κ1) is 12.6. The molecule has 0 aliphatic rings. The second-order valence-corrected chi connectivity index (χ2v) is 4.70. The Bertz CT molecular complexity index is 599. The van der Waals surface area contributed by atoms with Gasteiger partial charge in [0.05, 0.1) is 15.7 Å². The summed E-state index contributed by atoms with van der Waals surface area (Å²) in [5.41, 5.74) is 8.41. The van der Waals surface area contributed by atoms with Gasteiger partial charge in [-0.2, -0.15) is 0 Å². The number of carbonyl (C=O) groups excluding carboxylic acids is 1. The molecule has 0 aliphatic carbocycles. The van der Waals surface area contributed by atoms with Gasteiger partial charge in [-0.3, -0.25) is 9.78 Å². The number of aromatic nitrogens is 1. The number of hydrogen-bond donors (Lipinski definition) is 2. The van der Waals surface area contributed by atoms with Crippen LogP contribution in [0.2, 0.25) is 0 Å². The zero-order chi connectivity index (χ0) is 13.1. The van der Waals surface area contributed by atoms with E-state index in [9.17, 15) is 4.79 Å². The number of nitrogens with two attached hydrogens (primary N) is 1. The first-order valence-corrected chi connectivity index (χ1v) is 6.15. The smallest absolute Gasteiger partial charge is 0.257 e. The van der Waals surface area contributed by atoms with Crippen LogP contribution < -0.4 is 11.1 Å². The highest BCUT2D eigenvalue weighted by Crippen LogP contribution is 2.22. The van der Waals surface area contributed by atoms with Crippen LogP contribution in [-0.4, -0.2) is 10.9 Å². The largest absolute Gasteiger partial charge is 0.398 e. The van der Waals surface area contributed by atoms with Crippen molar-refractivity contribution >= 4 is 33.2 Å². The molecular weight excluding hydrogens is 294 g/mol. The zero-order valence-electron chi connectivity index (χ0n) is 9.77. The van der Waals surface area contributed by atoms with Crippen LogP contribution in [0.5, 0.6) is 0 Å². The Morgan fingerprint density at radius 1 is 1.39 bits per heavy atom.